The van der Waals surface area contributed by atoms with E-state index < -0.39 is 0 Å². The van der Waals surface area contributed by atoms with Crippen LogP contribution in [0, 0.1) is 0 Å². The van der Waals surface area contributed by atoms with Crippen LogP contribution in [0.5, 0.6) is 0 Å². The van der Waals surface area contributed by atoms with Crippen LogP contribution in [0.15, 0.2) is 218 Å². The van der Waals surface area contributed by atoms with Crippen molar-refractivity contribution in [2.45, 2.75) is 25.2 Å². The van der Waals surface area contributed by atoms with Gasteiger partial charge in [-0.05, 0) is 107 Å². The van der Waals surface area contributed by atoms with Crippen LogP contribution in [0.3, 0.4) is 0 Å². The molecule has 0 fully saturated rings. The van der Waals surface area contributed by atoms with Crippen molar-refractivity contribution in [3.8, 4) is 39.1 Å². The van der Waals surface area contributed by atoms with Gasteiger partial charge in [0.1, 0.15) is 0 Å². The summed E-state index contributed by atoms with van der Waals surface area (Å²) in [6.07, 6.45) is 0. The van der Waals surface area contributed by atoms with Gasteiger partial charge in [-0.1, -0.05) is 208 Å². The van der Waals surface area contributed by atoms with Crippen LogP contribution in [-0.2, 0) is 5.41 Å². The Morgan fingerprint density at radius 2 is 0.951 bits per heavy atom. The Labute approximate surface area is 356 Å². The molecule has 0 spiro atoms. The molecular formula is C60H43N. The zero-order valence-electron chi connectivity index (χ0n) is 34.3. The summed E-state index contributed by atoms with van der Waals surface area (Å²) in [5, 5.41) is 7.66. The quantitative estimate of drug-likeness (QED) is 0.148. The maximum Gasteiger partial charge on any atom is 0.0541 e. The third kappa shape index (κ3) is 5.47. The first kappa shape index (κ1) is 35.5. The van der Waals surface area contributed by atoms with E-state index in [9.17, 15) is 0 Å². The molecule has 1 heterocycles. The lowest BCUT2D eigenvalue weighted by Gasteiger charge is -2.25. The van der Waals surface area contributed by atoms with Crippen LogP contribution < -0.4 is 0 Å². The van der Waals surface area contributed by atoms with E-state index in [1.165, 1.54) is 110 Å². The monoisotopic (exact) mass is 777 g/mol. The molecule has 0 bridgehead atoms. The number of aromatic nitrogens is 1. The molecule has 1 aliphatic rings. The molecule has 12 rings (SSSR count). The first-order valence-corrected chi connectivity index (χ1v) is 21.5. The van der Waals surface area contributed by atoms with Crippen LogP contribution in [0.2, 0.25) is 0 Å². The van der Waals surface area contributed by atoms with Crippen molar-refractivity contribution in [3.05, 3.63) is 246 Å². The van der Waals surface area contributed by atoms with Crippen LogP contribution in [0.1, 0.15) is 47.6 Å². The molecule has 1 aromatic heterocycles. The predicted octanol–water partition coefficient (Wildman–Crippen LogP) is 15.9. The molecule has 0 N–H and O–H groups in total. The minimum Gasteiger partial charge on any atom is -0.309 e. The summed E-state index contributed by atoms with van der Waals surface area (Å²) in [4.78, 5) is 0. The molecule has 1 unspecified atom stereocenters. The Kier molecular flexibility index (Phi) is 8.02. The van der Waals surface area contributed by atoms with Crippen molar-refractivity contribution in [2.24, 2.45) is 0 Å². The number of hydrogen-bond donors (Lipinski definition) is 0. The summed E-state index contributed by atoms with van der Waals surface area (Å²) in [6, 6.07) is 81.3. The largest absolute Gasteiger partial charge is 0.309 e. The Morgan fingerprint density at radius 1 is 0.393 bits per heavy atom. The van der Waals surface area contributed by atoms with Crippen molar-refractivity contribution >= 4 is 43.4 Å². The summed E-state index contributed by atoms with van der Waals surface area (Å²) >= 11 is 0. The topological polar surface area (TPSA) is 4.93 Å². The maximum atomic E-state index is 2.52. The standard InChI is InChI=1S/C60H43N/c1-60(2)52-36-35-44(38-51(52)59-47-21-7-6-18-40(47)34-37-53(59)60)57(50-24-10-13-29-56(50)61-54-27-11-8-22-48(54)49-23-9-12-28-55(49)61)43-32-30-41(31-33-43)46-26-15-20-42-19-14-25-45(58(42)46)39-16-4-3-5-17-39/h3-38,57H,1-2H3. The Hall–Kier alpha value is -7.48. The molecule has 11 aromatic rings. The van der Waals surface area contributed by atoms with Gasteiger partial charge in [0, 0.05) is 22.1 Å². The molecule has 0 saturated heterocycles. The highest BCUT2D eigenvalue weighted by Gasteiger charge is 2.37. The zero-order valence-corrected chi connectivity index (χ0v) is 34.3. The van der Waals surface area contributed by atoms with Crippen LogP contribution in [0.4, 0.5) is 0 Å². The molecule has 0 amide bonds. The number of hydrogen-bond acceptors (Lipinski definition) is 0. The average Bonchev–Trinajstić information content (AvgIpc) is 3.77. The maximum absolute atomic E-state index is 2.52. The minimum atomic E-state index is -0.109. The fraction of sp³-hybridized carbons (Fsp3) is 0.0667. The van der Waals surface area contributed by atoms with Gasteiger partial charge in [-0.2, -0.15) is 0 Å². The van der Waals surface area contributed by atoms with Crippen molar-refractivity contribution in [2.75, 3.05) is 0 Å². The molecule has 0 saturated carbocycles. The second-order valence-electron chi connectivity index (χ2n) is 17.2. The number of nitrogens with zero attached hydrogens (tertiary/aromatic N) is 1. The number of rotatable bonds is 6. The smallest absolute Gasteiger partial charge is 0.0541 e. The lowest BCUT2D eigenvalue weighted by molar-refractivity contribution is 0.660. The van der Waals surface area contributed by atoms with Gasteiger partial charge >= 0.3 is 0 Å². The van der Waals surface area contributed by atoms with E-state index in [0.29, 0.717) is 0 Å². The van der Waals surface area contributed by atoms with Crippen LogP contribution >= 0.6 is 0 Å². The molecule has 1 aliphatic carbocycles. The van der Waals surface area contributed by atoms with Crippen molar-refractivity contribution in [3.63, 3.8) is 0 Å². The molecule has 1 heteroatoms. The third-order valence-corrected chi connectivity index (χ3v) is 13.5. The number of benzene rings is 10. The second kappa shape index (κ2) is 13.8. The molecule has 10 aromatic carbocycles. The van der Waals surface area contributed by atoms with Crippen molar-refractivity contribution in [1.29, 1.82) is 0 Å². The Bertz CT molecular complexity index is 3440. The zero-order chi connectivity index (χ0) is 40.7. The van der Waals surface area contributed by atoms with Crippen LogP contribution in [0.25, 0.3) is 82.4 Å². The van der Waals surface area contributed by atoms with E-state index in [4.69, 9.17) is 0 Å². The molecule has 0 radical (unpaired) electrons. The molecule has 0 aliphatic heterocycles. The third-order valence-electron chi connectivity index (χ3n) is 13.5. The predicted molar refractivity (Wildman–Crippen MR) is 258 cm³/mol. The second-order valence-corrected chi connectivity index (χ2v) is 17.2. The minimum absolute atomic E-state index is 0.0509. The first-order valence-electron chi connectivity index (χ1n) is 21.5. The lowest BCUT2D eigenvalue weighted by atomic mass is 9.80. The van der Waals surface area contributed by atoms with E-state index in [2.05, 4.69) is 237 Å². The average molecular weight is 778 g/mol. The summed E-state index contributed by atoms with van der Waals surface area (Å²) in [6.45, 7) is 4.77. The van der Waals surface area contributed by atoms with E-state index in [0.717, 1.165) is 0 Å². The highest BCUT2D eigenvalue weighted by Crippen LogP contribution is 2.53. The highest BCUT2D eigenvalue weighted by molar-refractivity contribution is 6.10. The summed E-state index contributed by atoms with van der Waals surface area (Å²) in [5.74, 6) is -0.0509. The van der Waals surface area contributed by atoms with Gasteiger partial charge in [-0.15, -0.1) is 0 Å². The molecule has 1 nitrogen and oxygen atoms in total. The van der Waals surface area contributed by atoms with E-state index in [-0.39, 0.29) is 11.3 Å². The fourth-order valence-electron chi connectivity index (χ4n) is 10.7. The molecular weight excluding hydrogens is 735 g/mol. The highest BCUT2D eigenvalue weighted by atomic mass is 15.0. The van der Waals surface area contributed by atoms with E-state index in [1.807, 2.05) is 0 Å². The van der Waals surface area contributed by atoms with Gasteiger partial charge in [0.2, 0.25) is 0 Å². The van der Waals surface area contributed by atoms with Gasteiger partial charge in [-0.3, -0.25) is 0 Å². The summed E-state index contributed by atoms with van der Waals surface area (Å²) in [5.41, 5.74) is 17.8. The molecule has 1 atom stereocenters. The number of fused-ring (bicyclic) bond motifs is 9. The number of para-hydroxylation sites is 3. The van der Waals surface area contributed by atoms with Crippen molar-refractivity contribution < 1.29 is 0 Å². The van der Waals surface area contributed by atoms with E-state index >= 15 is 0 Å². The van der Waals surface area contributed by atoms with Gasteiger partial charge in [-0.25, -0.2) is 0 Å². The van der Waals surface area contributed by atoms with Gasteiger partial charge in [0.05, 0.1) is 16.7 Å². The lowest BCUT2D eigenvalue weighted by Crippen LogP contribution is -2.15. The van der Waals surface area contributed by atoms with Gasteiger partial charge in [0.25, 0.3) is 0 Å². The first-order chi connectivity index (χ1) is 30.0. The fourth-order valence-corrected chi connectivity index (χ4v) is 10.7. The normalized spacial score (nSPS) is 13.5. The van der Waals surface area contributed by atoms with Gasteiger partial charge < -0.3 is 4.57 Å². The summed E-state index contributed by atoms with van der Waals surface area (Å²) in [7, 11) is 0. The van der Waals surface area contributed by atoms with Crippen molar-refractivity contribution in [1.82, 2.24) is 4.57 Å². The molecule has 288 valence electrons. The SMILES string of the molecule is CC1(C)c2ccc(C(c3ccc(-c4cccc5cccc(-c6ccccc6)c45)cc3)c3ccccc3-n3c4ccccc4c4ccccc43)cc2-c2c1ccc1ccccc21. The van der Waals surface area contributed by atoms with Crippen LogP contribution in [-0.4, -0.2) is 4.57 Å². The van der Waals surface area contributed by atoms with Gasteiger partial charge in [0.15, 0.2) is 0 Å². The molecule has 61 heavy (non-hydrogen) atoms. The Balaban J connectivity index is 1.09. The Morgan fingerprint density at radius 3 is 1.67 bits per heavy atom. The van der Waals surface area contributed by atoms with E-state index in [1.54, 1.807) is 0 Å². The summed E-state index contributed by atoms with van der Waals surface area (Å²) < 4.78 is 2.49.